The molecular formula is C19H22N2O5. The van der Waals surface area contributed by atoms with Crippen molar-refractivity contribution in [2.24, 2.45) is 11.8 Å². The van der Waals surface area contributed by atoms with E-state index in [2.05, 4.69) is 12.3 Å². The molecule has 2 bridgehead atoms. The van der Waals surface area contributed by atoms with E-state index in [9.17, 15) is 14.4 Å². The number of unbranched alkanes of at least 4 members (excludes halogenated alkanes) is 1. The number of ether oxygens (including phenoxy) is 2. The van der Waals surface area contributed by atoms with E-state index >= 15 is 0 Å². The molecule has 0 unspecified atom stereocenters. The molecule has 7 heteroatoms. The van der Waals surface area contributed by atoms with Gasteiger partial charge in [-0.3, -0.25) is 19.8 Å². The molecule has 3 amide bonds. The highest BCUT2D eigenvalue weighted by molar-refractivity contribution is 6.08. The van der Waals surface area contributed by atoms with Crippen LogP contribution in [0.3, 0.4) is 0 Å². The largest absolute Gasteiger partial charge is 0.494 e. The standard InChI is InChI=1S/C19H22N2O5/c1-2-3-10-25-12-6-4-11(5-7-12)17(22)20-21-18(23)15-13-8-9-14(26-13)16(15)19(21)24/h4-7,13-16H,2-3,8-10H2,1H3,(H,20,22)/t13-,14+,15-,16+. The van der Waals surface area contributed by atoms with Crippen molar-refractivity contribution < 1.29 is 23.9 Å². The molecule has 3 heterocycles. The fourth-order valence-corrected chi connectivity index (χ4v) is 4.03. The van der Waals surface area contributed by atoms with E-state index in [1.54, 1.807) is 24.3 Å². The minimum atomic E-state index is -0.486. The van der Waals surface area contributed by atoms with E-state index in [1.165, 1.54) is 0 Å². The van der Waals surface area contributed by atoms with Gasteiger partial charge >= 0.3 is 0 Å². The third-order valence-corrected chi connectivity index (χ3v) is 5.38. The van der Waals surface area contributed by atoms with Crippen LogP contribution in [0.4, 0.5) is 0 Å². The van der Waals surface area contributed by atoms with Crippen molar-refractivity contribution in [3.05, 3.63) is 29.8 Å². The maximum absolute atomic E-state index is 12.5. The molecule has 3 aliphatic heterocycles. The monoisotopic (exact) mass is 358 g/mol. The van der Waals surface area contributed by atoms with E-state index in [0.29, 0.717) is 17.9 Å². The molecule has 1 aromatic rings. The molecule has 0 aromatic heterocycles. The first-order chi connectivity index (χ1) is 12.6. The van der Waals surface area contributed by atoms with E-state index in [-0.39, 0.29) is 24.0 Å². The molecule has 1 aromatic carbocycles. The van der Waals surface area contributed by atoms with Crippen LogP contribution in [0.15, 0.2) is 24.3 Å². The van der Waals surface area contributed by atoms with Crippen LogP contribution in [0.25, 0.3) is 0 Å². The first-order valence-corrected chi connectivity index (χ1v) is 9.17. The van der Waals surface area contributed by atoms with Crippen LogP contribution < -0.4 is 10.2 Å². The van der Waals surface area contributed by atoms with Crippen molar-refractivity contribution in [2.45, 2.75) is 44.8 Å². The number of hydrazine groups is 1. The second-order valence-electron chi connectivity index (χ2n) is 7.02. The highest BCUT2D eigenvalue weighted by atomic mass is 16.5. The molecule has 4 atom stereocenters. The van der Waals surface area contributed by atoms with Crippen molar-refractivity contribution >= 4 is 17.7 Å². The Kier molecular flexibility index (Phi) is 4.40. The van der Waals surface area contributed by atoms with E-state index in [1.807, 2.05) is 0 Å². The van der Waals surface area contributed by atoms with E-state index < -0.39 is 17.7 Å². The van der Waals surface area contributed by atoms with Crippen LogP contribution in [0.5, 0.6) is 5.75 Å². The highest BCUT2D eigenvalue weighted by Crippen LogP contribution is 2.48. The van der Waals surface area contributed by atoms with Crippen molar-refractivity contribution in [3.8, 4) is 5.75 Å². The lowest BCUT2D eigenvalue weighted by atomic mass is 9.81. The lowest BCUT2D eigenvalue weighted by molar-refractivity contribution is -0.145. The van der Waals surface area contributed by atoms with Crippen LogP contribution in [-0.2, 0) is 14.3 Å². The third-order valence-electron chi connectivity index (χ3n) is 5.38. The lowest BCUT2D eigenvalue weighted by Crippen LogP contribution is -2.47. The van der Waals surface area contributed by atoms with Crippen LogP contribution >= 0.6 is 0 Å². The lowest BCUT2D eigenvalue weighted by Gasteiger charge is -2.18. The fraction of sp³-hybridized carbons (Fsp3) is 0.526. The van der Waals surface area contributed by atoms with Crippen LogP contribution in [0.1, 0.15) is 43.0 Å². The summed E-state index contributed by atoms with van der Waals surface area (Å²) in [5.41, 5.74) is 2.83. The summed E-state index contributed by atoms with van der Waals surface area (Å²) in [6, 6.07) is 6.66. The zero-order valence-electron chi connectivity index (χ0n) is 14.6. The second-order valence-corrected chi connectivity index (χ2v) is 7.02. The number of carbonyl (C=O) groups excluding carboxylic acids is 3. The number of fused-ring (bicyclic) bond motifs is 5. The predicted octanol–water partition coefficient (Wildman–Crippen LogP) is 1.67. The Morgan fingerprint density at radius 2 is 1.77 bits per heavy atom. The number of amides is 3. The van der Waals surface area contributed by atoms with Crippen molar-refractivity contribution in [1.29, 1.82) is 0 Å². The summed E-state index contributed by atoms with van der Waals surface area (Å²) in [4.78, 5) is 37.5. The summed E-state index contributed by atoms with van der Waals surface area (Å²) in [5.74, 6) is -1.42. The Morgan fingerprint density at radius 3 is 2.35 bits per heavy atom. The minimum Gasteiger partial charge on any atom is -0.494 e. The maximum Gasteiger partial charge on any atom is 0.270 e. The van der Waals surface area contributed by atoms with Crippen LogP contribution in [0.2, 0.25) is 0 Å². The summed E-state index contributed by atoms with van der Waals surface area (Å²) in [7, 11) is 0. The van der Waals surface area contributed by atoms with Gasteiger partial charge in [0.2, 0.25) is 0 Å². The van der Waals surface area contributed by atoms with Crippen molar-refractivity contribution in [3.63, 3.8) is 0 Å². The van der Waals surface area contributed by atoms with Crippen molar-refractivity contribution in [1.82, 2.24) is 10.4 Å². The first-order valence-electron chi connectivity index (χ1n) is 9.17. The van der Waals surface area contributed by atoms with Gasteiger partial charge in [-0.15, -0.1) is 0 Å². The fourth-order valence-electron chi connectivity index (χ4n) is 4.03. The first kappa shape index (κ1) is 17.0. The topological polar surface area (TPSA) is 84.9 Å². The van der Waals surface area contributed by atoms with Crippen LogP contribution in [0, 0.1) is 11.8 Å². The number of hydrogen-bond acceptors (Lipinski definition) is 5. The zero-order chi connectivity index (χ0) is 18.3. The van der Waals surface area contributed by atoms with Gasteiger partial charge in [-0.1, -0.05) is 13.3 Å². The SMILES string of the molecule is CCCCOc1ccc(C(=O)NN2C(=O)[C@@H]3[C@H](C2=O)[C@H]2CC[C@@H]3O2)cc1. The van der Waals surface area contributed by atoms with Gasteiger partial charge in [0.05, 0.1) is 30.7 Å². The van der Waals surface area contributed by atoms with E-state index in [0.717, 1.165) is 30.7 Å². The van der Waals surface area contributed by atoms with Gasteiger partial charge in [-0.05, 0) is 43.5 Å². The number of benzene rings is 1. The summed E-state index contributed by atoms with van der Waals surface area (Å²) < 4.78 is 11.2. The average Bonchev–Trinajstić information content (AvgIpc) is 3.32. The number of nitrogens with zero attached hydrogens (tertiary/aromatic N) is 1. The Bertz CT molecular complexity index is 704. The second kappa shape index (κ2) is 6.72. The molecule has 0 spiro atoms. The van der Waals surface area contributed by atoms with Gasteiger partial charge in [-0.2, -0.15) is 5.01 Å². The molecule has 4 rings (SSSR count). The number of rotatable bonds is 6. The maximum atomic E-state index is 12.5. The van der Waals surface area contributed by atoms with Gasteiger partial charge in [0, 0.05) is 5.56 Å². The number of nitrogens with one attached hydrogen (secondary N) is 1. The highest BCUT2D eigenvalue weighted by Gasteiger charge is 2.62. The third kappa shape index (κ3) is 2.76. The smallest absolute Gasteiger partial charge is 0.270 e. The molecule has 0 radical (unpaired) electrons. The molecule has 0 aliphatic carbocycles. The normalized spacial score (nSPS) is 29.2. The van der Waals surface area contributed by atoms with Gasteiger partial charge in [0.15, 0.2) is 0 Å². The molecule has 3 aliphatic rings. The zero-order valence-corrected chi connectivity index (χ0v) is 14.6. The molecule has 3 saturated heterocycles. The van der Waals surface area contributed by atoms with E-state index in [4.69, 9.17) is 9.47 Å². The minimum absolute atomic E-state index is 0.192. The molecule has 138 valence electrons. The molecule has 3 fully saturated rings. The molecule has 26 heavy (non-hydrogen) atoms. The summed E-state index contributed by atoms with van der Waals surface area (Å²) in [6.45, 7) is 2.72. The molecule has 1 N–H and O–H groups in total. The predicted molar refractivity (Wildman–Crippen MR) is 91.0 cm³/mol. The van der Waals surface area contributed by atoms with Gasteiger partial charge < -0.3 is 9.47 Å². The van der Waals surface area contributed by atoms with Gasteiger partial charge in [0.25, 0.3) is 17.7 Å². The van der Waals surface area contributed by atoms with Crippen molar-refractivity contribution in [2.75, 3.05) is 6.61 Å². The number of hydrogen-bond donors (Lipinski definition) is 1. The number of imide groups is 1. The van der Waals surface area contributed by atoms with Gasteiger partial charge in [0.1, 0.15) is 5.75 Å². The number of carbonyl (C=O) groups is 3. The van der Waals surface area contributed by atoms with Crippen LogP contribution in [-0.4, -0.2) is 41.5 Å². The molecule has 7 nitrogen and oxygen atoms in total. The molecule has 0 saturated carbocycles. The van der Waals surface area contributed by atoms with Gasteiger partial charge in [-0.25, -0.2) is 0 Å². The summed E-state index contributed by atoms with van der Waals surface area (Å²) >= 11 is 0. The Labute approximate surface area is 151 Å². The summed E-state index contributed by atoms with van der Waals surface area (Å²) in [6.07, 6.45) is 3.23. The Morgan fingerprint density at radius 1 is 1.15 bits per heavy atom. The quantitative estimate of drug-likeness (QED) is 0.618. The average molecular weight is 358 g/mol. The Balaban J connectivity index is 1.40. The summed E-state index contributed by atoms with van der Waals surface area (Å²) in [5, 5.41) is 0.886. The Hall–Kier alpha value is -2.41. The molecular weight excluding hydrogens is 336 g/mol.